The van der Waals surface area contributed by atoms with Crippen LogP contribution in [0.1, 0.15) is 35.1 Å². The Kier molecular flexibility index (Phi) is 4.14. The number of aryl methyl sites for hydroxylation is 3. The summed E-state index contributed by atoms with van der Waals surface area (Å²) >= 11 is 0. The lowest BCUT2D eigenvalue weighted by Gasteiger charge is -2.34. The maximum atomic E-state index is 12.6. The maximum Gasteiger partial charge on any atom is 0.167 e. The van der Waals surface area contributed by atoms with E-state index in [2.05, 4.69) is 37.8 Å². The second kappa shape index (κ2) is 5.90. The number of morpholine rings is 1. The van der Waals surface area contributed by atoms with Gasteiger partial charge in [-0.2, -0.15) is 0 Å². The number of nitrogens with zero attached hydrogens (tertiary/aromatic N) is 1. The quantitative estimate of drug-likeness (QED) is 0.856. The van der Waals surface area contributed by atoms with E-state index in [1.807, 2.05) is 0 Å². The van der Waals surface area contributed by atoms with Gasteiger partial charge in [0, 0.05) is 19.0 Å². The predicted octanol–water partition coefficient (Wildman–Crippen LogP) is 2.59. The van der Waals surface area contributed by atoms with Crippen molar-refractivity contribution < 1.29 is 9.53 Å². The minimum absolute atomic E-state index is 0.232. The molecule has 0 aliphatic carbocycles. The van der Waals surface area contributed by atoms with Crippen LogP contribution in [-0.4, -0.2) is 42.5 Å². The van der Waals surface area contributed by atoms with Crippen molar-refractivity contribution >= 4 is 5.78 Å². The first kappa shape index (κ1) is 14.7. The van der Waals surface area contributed by atoms with Crippen molar-refractivity contribution in [1.29, 1.82) is 0 Å². The van der Waals surface area contributed by atoms with Crippen molar-refractivity contribution in [1.82, 2.24) is 4.90 Å². The fourth-order valence-electron chi connectivity index (χ4n) is 3.79. The molecule has 2 atom stereocenters. The molecule has 0 bridgehead atoms. The second-order valence-corrected chi connectivity index (χ2v) is 6.63. The Balaban J connectivity index is 1.69. The topological polar surface area (TPSA) is 29.5 Å². The number of fused-ring (bicyclic) bond motifs is 1. The zero-order chi connectivity index (χ0) is 15.0. The number of hydrogen-bond acceptors (Lipinski definition) is 3. The highest BCUT2D eigenvalue weighted by Gasteiger charge is 2.35. The lowest BCUT2D eigenvalue weighted by Crippen LogP contribution is -2.49. The molecular formula is C18H25NO2. The highest BCUT2D eigenvalue weighted by molar-refractivity contribution is 5.86. The smallest absolute Gasteiger partial charge is 0.167 e. The molecule has 2 aliphatic heterocycles. The Morgan fingerprint density at radius 3 is 2.71 bits per heavy atom. The molecule has 0 amide bonds. The molecule has 2 heterocycles. The summed E-state index contributed by atoms with van der Waals surface area (Å²) in [6.07, 6.45) is 2.73. The Morgan fingerprint density at radius 1 is 1.29 bits per heavy atom. The lowest BCUT2D eigenvalue weighted by molar-refractivity contribution is -0.137. The highest BCUT2D eigenvalue weighted by Crippen LogP contribution is 2.24. The standard InChI is InChI=1S/C18H25NO2/c1-12-7-13(2)16(14(3)8-12)9-17(20)18-10-19-6-4-5-15(19)11-21-18/h7-8,15,18H,4-6,9-11H2,1-3H3. The van der Waals surface area contributed by atoms with Gasteiger partial charge in [-0.1, -0.05) is 17.7 Å². The number of ether oxygens (including phenoxy) is 1. The van der Waals surface area contributed by atoms with E-state index < -0.39 is 0 Å². The van der Waals surface area contributed by atoms with Gasteiger partial charge >= 0.3 is 0 Å². The second-order valence-electron chi connectivity index (χ2n) is 6.63. The monoisotopic (exact) mass is 287 g/mol. The largest absolute Gasteiger partial charge is 0.367 e. The number of carbonyl (C=O) groups is 1. The van der Waals surface area contributed by atoms with Crippen LogP contribution in [0, 0.1) is 20.8 Å². The van der Waals surface area contributed by atoms with Crippen LogP contribution in [0.3, 0.4) is 0 Å². The van der Waals surface area contributed by atoms with E-state index in [0.29, 0.717) is 12.5 Å². The first-order valence-corrected chi connectivity index (χ1v) is 7.99. The van der Waals surface area contributed by atoms with E-state index in [-0.39, 0.29) is 11.9 Å². The van der Waals surface area contributed by atoms with E-state index in [1.165, 1.54) is 35.1 Å². The van der Waals surface area contributed by atoms with Crippen molar-refractivity contribution in [2.24, 2.45) is 0 Å². The van der Waals surface area contributed by atoms with E-state index >= 15 is 0 Å². The van der Waals surface area contributed by atoms with Crippen LogP contribution in [0.2, 0.25) is 0 Å². The molecule has 1 aromatic rings. The molecule has 3 rings (SSSR count). The summed E-state index contributed by atoms with van der Waals surface area (Å²) in [5.41, 5.74) is 4.87. The molecule has 21 heavy (non-hydrogen) atoms. The molecule has 1 aromatic carbocycles. The average Bonchev–Trinajstić information content (AvgIpc) is 2.89. The van der Waals surface area contributed by atoms with Crippen molar-refractivity contribution in [2.45, 2.75) is 52.2 Å². The molecule has 3 nitrogen and oxygen atoms in total. The number of benzene rings is 1. The molecular weight excluding hydrogens is 262 g/mol. The first-order chi connectivity index (χ1) is 10.0. The number of Topliss-reactive ketones (excluding diaryl/α,β-unsaturated/α-hetero) is 1. The summed E-state index contributed by atoms with van der Waals surface area (Å²) < 4.78 is 5.84. The summed E-state index contributed by atoms with van der Waals surface area (Å²) in [4.78, 5) is 15.0. The Bertz CT molecular complexity index is 529. The molecule has 3 heteroatoms. The van der Waals surface area contributed by atoms with Gasteiger partial charge in [0.2, 0.25) is 0 Å². The Labute approximate surface area is 127 Å². The van der Waals surface area contributed by atoms with E-state index in [9.17, 15) is 4.79 Å². The summed E-state index contributed by atoms with van der Waals surface area (Å²) in [5, 5.41) is 0. The van der Waals surface area contributed by atoms with Crippen LogP contribution in [0.5, 0.6) is 0 Å². The van der Waals surface area contributed by atoms with Crippen molar-refractivity contribution in [3.63, 3.8) is 0 Å². The molecule has 0 spiro atoms. The molecule has 2 saturated heterocycles. The van der Waals surface area contributed by atoms with Crippen LogP contribution in [0.4, 0.5) is 0 Å². The van der Waals surface area contributed by atoms with Gasteiger partial charge < -0.3 is 4.74 Å². The molecule has 0 aromatic heterocycles. The van der Waals surface area contributed by atoms with Gasteiger partial charge in [0.1, 0.15) is 6.10 Å². The van der Waals surface area contributed by atoms with Gasteiger partial charge in [-0.3, -0.25) is 9.69 Å². The van der Waals surface area contributed by atoms with Crippen LogP contribution in [-0.2, 0) is 16.0 Å². The molecule has 0 radical (unpaired) electrons. The van der Waals surface area contributed by atoms with Gasteiger partial charge in [-0.25, -0.2) is 0 Å². The van der Waals surface area contributed by atoms with E-state index in [4.69, 9.17) is 4.74 Å². The van der Waals surface area contributed by atoms with Gasteiger partial charge in [0.15, 0.2) is 5.78 Å². The number of rotatable bonds is 3. The number of carbonyl (C=O) groups excluding carboxylic acids is 1. The normalized spacial score (nSPS) is 25.9. The maximum absolute atomic E-state index is 12.6. The molecule has 0 saturated carbocycles. The lowest BCUT2D eigenvalue weighted by atomic mass is 9.94. The highest BCUT2D eigenvalue weighted by atomic mass is 16.5. The van der Waals surface area contributed by atoms with Crippen molar-refractivity contribution in [3.8, 4) is 0 Å². The zero-order valence-electron chi connectivity index (χ0n) is 13.3. The third-order valence-corrected chi connectivity index (χ3v) is 4.94. The summed E-state index contributed by atoms with van der Waals surface area (Å²) in [6.45, 7) is 8.93. The number of hydrogen-bond donors (Lipinski definition) is 0. The molecule has 2 unspecified atom stereocenters. The Morgan fingerprint density at radius 2 is 2.00 bits per heavy atom. The predicted molar refractivity (Wildman–Crippen MR) is 83.7 cm³/mol. The molecule has 0 N–H and O–H groups in total. The van der Waals surface area contributed by atoms with Gasteiger partial charge in [0.25, 0.3) is 0 Å². The average molecular weight is 287 g/mol. The van der Waals surface area contributed by atoms with Gasteiger partial charge in [-0.05, 0) is 56.8 Å². The zero-order valence-corrected chi connectivity index (χ0v) is 13.3. The van der Waals surface area contributed by atoms with Crippen LogP contribution < -0.4 is 0 Å². The minimum Gasteiger partial charge on any atom is -0.367 e. The minimum atomic E-state index is -0.237. The fourth-order valence-corrected chi connectivity index (χ4v) is 3.79. The van der Waals surface area contributed by atoms with Crippen LogP contribution >= 0.6 is 0 Å². The van der Waals surface area contributed by atoms with Crippen LogP contribution in [0.15, 0.2) is 12.1 Å². The molecule has 2 aliphatic rings. The third kappa shape index (κ3) is 3.04. The fraction of sp³-hybridized carbons (Fsp3) is 0.611. The van der Waals surface area contributed by atoms with Gasteiger partial charge in [0.05, 0.1) is 6.61 Å². The first-order valence-electron chi connectivity index (χ1n) is 7.99. The molecule has 114 valence electrons. The van der Waals surface area contributed by atoms with E-state index in [1.54, 1.807) is 0 Å². The third-order valence-electron chi connectivity index (χ3n) is 4.94. The van der Waals surface area contributed by atoms with Crippen LogP contribution in [0.25, 0.3) is 0 Å². The van der Waals surface area contributed by atoms with Crippen molar-refractivity contribution in [3.05, 3.63) is 34.4 Å². The molecule has 2 fully saturated rings. The van der Waals surface area contributed by atoms with Gasteiger partial charge in [-0.15, -0.1) is 0 Å². The van der Waals surface area contributed by atoms with Crippen molar-refractivity contribution in [2.75, 3.05) is 19.7 Å². The van der Waals surface area contributed by atoms with E-state index in [0.717, 1.165) is 19.7 Å². The summed E-state index contributed by atoms with van der Waals surface area (Å²) in [7, 11) is 0. The number of ketones is 1. The summed E-state index contributed by atoms with van der Waals surface area (Å²) in [6, 6.07) is 4.87. The Hall–Kier alpha value is -1.19. The SMILES string of the molecule is Cc1cc(C)c(CC(=O)C2CN3CCCC3CO2)c(C)c1. The summed E-state index contributed by atoms with van der Waals surface area (Å²) in [5.74, 6) is 0.232.